The van der Waals surface area contributed by atoms with Crippen molar-refractivity contribution in [1.29, 1.82) is 0 Å². The molecule has 0 saturated carbocycles. The van der Waals surface area contributed by atoms with Crippen molar-refractivity contribution < 1.29 is 18.4 Å². The fraction of sp³-hybridized carbons (Fsp3) is 0.600. The Morgan fingerprint density at radius 3 is 2.56 bits per heavy atom. The molecule has 5 nitrogen and oxygen atoms in total. The summed E-state index contributed by atoms with van der Waals surface area (Å²) < 4.78 is 26.9. The summed E-state index contributed by atoms with van der Waals surface area (Å²) in [5.41, 5.74) is -0.120. The number of nitrogens with zero attached hydrogens (tertiary/aromatic N) is 2. The fourth-order valence-electron chi connectivity index (χ4n) is 4.02. The SMILES string of the molecule is CCCN(C(=O)C1CCN(C(=O)c2ccc(F)cc2F)CC1)C1CCNC1. The molecular weight excluding hydrogens is 352 g/mol. The third kappa shape index (κ3) is 4.46. The van der Waals surface area contributed by atoms with Gasteiger partial charge in [-0.1, -0.05) is 6.92 Å². The monoisotopic (exact) mass is 379 g/mol. The third-order valence-electron chi connectivity index (χ3n) is 5.52. The zero-order valence-electron chi connectivity index (χ0n) is 15.7. The van der Waals surface area contributed by atoms with Crippen molar-refractivity contribution in [2.24, 2.45) is 5.92 Å². The summed E-state index contributed by atoms with van der Waals surface area (Å²) >= 11 is 0. The molecule has 0 spiro atoms. The first-order chi connectivity index (χ1) is 13.0. The zero-order valence-corrected chi connectivity index (χ0v) is 15.7. The molecule has 2 aliphatic rings. The van der Waals surface area contributed by atoms with Crippen LogP contribution in [0.2, 0.25) is 0 Å². The Balaban J connectivity index is 1.60. The van der Waals surface area contributed by atoms with Gasteiger partial charge in [0.1, 0.15) is 11.6 Å². The molecule has 2 saturated heterocycles. The highest BCUT2D eigenvalue weighted by Gasteiger charge is 2.34. The first kappa shape index (κ1) is 19.7. The van der Waals surface area contributed by atoms with Crippen LogP contribution in [-0.2, 0) is 4.79 Å². The van der Waals surface area contributed by atoms with Gasteiger partial charge in [-0.3, -0.25) is 9.59 Å². The van der Waals surface area contributed by atoms with Crippen LogP contribution in [0, 0.1) is 17.6 Å². The van der Waals surface area contributed by atoms with E-state index < -0.39 is 17.5 Å². The summed E-state index contributed by atoms with van der Waals surface area (Å²) in [6.45, 7) is 5.43. The Bertz CT molecular complexity index is 684. The van der Waals surface area contributed by atoms with Crippen molar-refractivity contribution in [2.45, 2.75) is 38.6 Å². The van der Waals surface area contributed by atoms with E-state index in [0.29, 0.717) is 25.9 Å². The molecule has 148 valence electrons. The molecule has 27 heavy (non-hydrogen) atoms. The van der Waals surface area contributed by atoms with Crippen LogP contribution in [0.3, 0.4) is 0 Å². The molecule has 1 atom stereocenters. The number of halogens is 2. The topological polar surface area (TPSA) is 52.7 Å². The van der Waals surface area contributed by atoms with E-state index >= 15 is 0 Å². The maximum Gasteiger partial charge on any atom is 0.256 e. The van der Waals surface area contributed by atoms with E-state index in [-0.39, 0.29) is 23.4 Å². The second kappa shape index (κ2) is 8.78. The predicted octanol–water partition coefficient (Wildman–Crippen LogP) is 2.42. The molecule has 2 fully saturated rings. The summed E-state index contributed by atoms with van der Waals surface area (Å²) in [5, 5.41) is 3.31. The Kier molecular flexibility index (Phi) is 6.42. The van der Waals surface area contributed by atoms with Crippen molar-refractivity contribution >= 4 is 11.8 Å². The van der Waals surface area contributed by atoms with Gasteiger partial charge in [-0.2, -0.15) is 0 Å². The van der Waals surface area contributed by atoms with E-state index in [0.717, 1.165) is 44.6 Å². The van der Waals surface area contributed by atoms with Gasteiger partial charge in [0.05, 0.1) is 5.56 Å². The molecule has 0 aromatic heterocycles. The molecule has 0 aliphatic carbocycles. The summed E-state index contributed by atoms with van der Waals surface area (Å²) in [4.78, 5) is 29.1. The highest BCUT2D eigenvalue weighted by atomic mass is 19.1. The molecule has 1 aromatic carbocycles. The number of hydrogen-bond acceptors (Lipinski definition) is 3. The summed E-state index contributed by atoms with van der Waals surface area (Å²) in [5.74, 6) is -1.92. The van der Waals surface area contributed by atoms with Gasteiger partial charge in [0, 0.05) is 44.2 Å². The number of benzene rings is 1. The number of piperidine rings is 1. The largest absolute Gasteiger partial charge is 0.339 e. The molecule has 2 amide bonds. The molecule has 2 aliphatic heterocycles. The lowest BCUT2D eigenvalue weighted by atomic mass is 9.94. The summed E-state index contributed by atoms with van der Waals surface area (Å²) in [6, 6.07) is 3.25. The quantitative estimate of drug-likeness (QED) is 0.855. The van der Waals surface area contributed by atoms with Crippen molar-refractivity contribution in [1.82, 2.24) is 15.1 Å². The average molecular weight is 379 g/mol. The number of carbonyl (C=O) groups excluding carboxylic acids is 2. The first-order valence-electron chi connectivity index (χ1n) is 9.76. The van der Waals surface area contributed by atoms with Crippen LogP contribution in [0.1, 0.15) is 43.0 Å². The minimum atomic E-state index is -0.846. The number of rotatable bonds is 5. The van der Waals surface area contributed by atoms with Crippen LogP contribution < -0.4 is 5.32 Å². The molecular formula is C20H27F2N3O2. The number of hydrogen-bond donors (Lipinski definition) is 1. The van der Waals surface area contributed by atoms with Gasteiger partial charge in [0.15, 0.2) is 0 Å². The molecule has 3 rings (SSSR count). The Labute approximate surface area is 158 Å². The maximum absolute atomic E-state index is 13.9. The van der Waals surface area contributed by atoms with Gasteiger partial charge in [0.25, 0.3) is 5.91 Å². The third-order valence-corrected chi connectivity index (χ3v) is 5.52. The van der Waals surface area contributed by atoms with Gasteiger partial charge in [0.2, 0.25) is 5.91 Å². The molecule has 1 aromatic rings. The van der Waals surface area contributed by atoms with Gasteiger partial charge in [-0.25, -0.2) is 8.78 Å². The van der Waals surface area contributed by atoms with Crippen LogP contribution in [-0.4, -0.2) is 60.4 Å². The fourth-order valence-corrected chi connectivity index (χ4v) is 4.02. The van der Waals surface area contributed by atoms with E-state index in [9.17, 15) is 18.4 Å². The standard InChI is InChI=1S/C20H27F2N3O2/c1-2-9-25(16-5-8-23-13-16)19(26)14-6-10-24(11-7-14)20(27)17-4-3-15(21)12-18(17)22/h3-4,12,14,16,23H,2,5-11,13H2,1H3. The number of nitrogens with one attached hydrogen (secondary N) is 1. The van der Waals surface area contributed by atoms with Crippen LogP contribution in [0.15, 0.2) is 18.2 Å². The average Bonchev–Trinajstić information content (AvgIpc) is 3.19. The second-order valence-corrected chi connectivity index (χ2v) is 7.37. The van der Waals surface area contributed by atoms with Crippen LogP contribution in [0.4, 0.5) is 8.78 Å². The van der Waals surface area contributed by atoms with Crippen molar-refractivity contribution in [3.8, 4) is 0 Å². The Morgan fingerprint density at radius 2 is 1.96 bits per heavy atom. The van der Waals surface area contributed by atoms with E-state index in [4.69, 9.17) is 0 Å². The summed E-state index contributed by atoms with van der Waals surface area (Å²) in [7, 11) is 0. The highest BCUT2D eigenvalue weighted by molar-refractivity contribution is 5.94. The molecule has 2 heterocycles. The van der Waals surface area contributed by atoms with E-state index in [1.165, 1.54) is 6.07 Å². The molecule has 1 N–H and O–H groups in total. The van der Waals surface area contributed by atoms with Crippen molar-refractivity contribution in [3.05, 3.63) is 35.4 Å². The number of carbonyl (C=O) groups is 2. The smallest absolute Gasteiger partial charge is 0.256 e. The van der Waals surface area contributed by atoms with Gasteiger partial charge in [-0.15, -0.1) is 0 Å². The molecule has 1 unspecified atom stereocenters. The molecule has 0 radical (unpaired) electrons. The Hall–Kier alpha value is -2.02. The van der Waals surface area contributed by atoms with Gasteiger partial charge in [-0.05, 0) is 44.4 Å². The molecule has 7 heteroatoms. The van der Waals surface area contributed by atoms with Crippen molar-refractivity contribution in [2.75, 3.05) is 32.7 Å². The molecule has 0 bridgehead atoms. The summed E-state index contributed by atoms with van der Waals surface area (Å²) in [6.07, 6.45) is 3.05. The van der Waals surface area contributed by atoms with E-state index in [2.05, 4.69) is 12.2 Å². The lowest BCUT2D eigenvalue weighted by molar-refractivity contribution is -0.139. The van der Waals surface area contributed by atoms with Crippen LogP contribution in [0.5, 0.6) is 0 Å². The highest BCUT2D eigenvalue weighted by Crippen LogP contribution is 2.24. The van der Waals surface area contributed by atoms with Gasteiger partial charge < -0.3 is 15.1 Å². The minimum Gasteiger partial charge on any atom is -0.339 e. The maximum atomic E-state index is 13.9. The van der Waals surface area contributed by atoms with Gasteiger partial charge >= 0.3 is 0 Å². The van der Waals surface area contributed by atoms with E-state index in [1.807, 2.05) is 4.90 Å². The number of likely N-dealkylation sites (tertiary alicyclic amines) is 1. The van der Waals surface area contributed by atoms with Crippen LogP contribution in [0.25, 0.3) is 0 Å². The predicted molar refractivity (Wildman–Crippen MR) is 98.3 cm³/mol. The second-order valence-electron chi connectivity index (χ2n) is 7.37. The lowest BCUT2D eigenvalue weighted by Crippen LogP contribution is -2.48. The van der Waals surface area contributed by atoms with Crippen LogP contribution >= 0.6 is 0 Å². The number of amides is 2. The normalized spacial score (nSPS) is 20.7. The Morgan fingerprint density at radius 1 is 1.22 bits per heavy atom. The van der Waals surface area contributed by atoms with E-state index in [1.54, 1.807) is 4.90 Å². The minimum absolute atomic E-state index is 0.0979. The first-order valence-corrected chi connectivity index (χ1v) is 9.76. The van der Waals surface area contributed by atoms with Crippen molar-refractivity contribution in [3.63, 3.8) is 0 Å². The lowest BCUT2D eigenvalue weighted by Gasteiger charge is -2.36. The zero-order chi connectivity index (χ0) is 19.4.